The van der Waals surface area contributed by atoms with Crippen LogP contribution in [0.15, 0.2) is 66.7 Å². The van der Waals surface area contributed by atoms with Gasteiger partial charge in [0.15, 0.2) is 0 Å². The van der Waals surface area contributed by atoms with Crippen LogP contribution in [-0.4, -0.2) is 12.1 Å². The highest BCUT2D eigenvalue weighted by Gasteiger charge is 2.56. The first-order valence-corrected chi connectivity index (χ1v) is 10.5. The number of nitrogens with zero attached hydrogens (tertiary/aromatic N) is 2. The Morgan fingerprint density at radius 1 is 1.03 bits per heavy atom. The molecule has 0 saturated heterocycles. The lowest BCUT2D eigenvalue weighted by Gasteiger charge is -2.22. The minimum absolute atomic E-state index is 0.0910. The van der Waals surface area contributed by atoms with Gasteiger partial charge in [-0.2, -0.15) is 5.26 Å². The van der Waals surface area contributed by atoms with Crippen molar-refractivity contribution in [2.45, 2.75) is 18.8 Å². The third-order valence-corrected chi connectivity index (χ3v) is 5.84. The summed E-state index contributed by atoms with van der Waals surface area (Å²) in [4.78, 5) is 26.8. The molecule has 0 N–H and O–H groups in total. The predicted molar refractivity (Wildman–Crippen MR) is 119 cm³/mol. The fourth-order valence-corrected chi connectivity index (χ4v) is 3.87. The van der Waals surface area contributed by atoms with Gasteiger partial charge in [0.05, 0.1) is 22.3 Å². The number of anilines is 1. The molecule has 3 aromatic carbocycles. The second-order valence-corrected chi connectivity index (χ2v) is 8.01. The van der Waals surface area contributed by atoms with Crippen molar-refractivity contribution in [3.05, 3.63) is 99.3 Å². The van der Waals surface area contributed by atoms with Crippen molar-refractivity contribution in [3.63, 3.8) is 0 Å². The molecule has 0 aliphatic carbocycles. The van der Waals surface area contributed by atoms with E-state index in [2.05, 4.69) is 0 Å². The van der Waals surface area contributed by atoms with Crippen molar-refractivity contribution in [2.75, 3.05) is 4.90 Å². The molecule has 33 heavy (non-hydrogen) atoms. The number of halogens is 3. The first-order chi connectivity index (χ1) is 15.9. The second-order valence-electron chi connectivity index (χ2n) is 7.20. The first kappa shape index (κ1) is 22.6. The molecule has 0 bridgehead atoms. The topological polar surface area (TPSA) is 79.6 Å². The molecule has 1 aliphatic heterocycles. The number of carbonyl (C=O) groups excluding carboxylic acids is 2. The van der Waals surface area contributed by atoms with Crippen LogP contribution in [-0.2, 0) is 33.0 Å². The number of carbonyl (C=O) groups is 2. The molecule has 1 amide bonds. The molecule has 0 aromatic heterocycles. The Kier molecular flexibility index (Phi) is 6.23. The zero-order valence-electron chi connectivity index (χ0n) is 16.9. The summed E-state index contributed by atoms with van der Waals surface area (Å²) in [5, 5.41) is 10.5. The van der Waals surface area contributed by atoms with E-state index in [0.29, 0.717) is 16.1 Å². The van der Waals surface area contributed by atoms with Gasteiger partial charge in [-0.05, 0) is 29.3 Å². The maximum atomic E-state index is 14.8. The van der Waals surface area contributed by atoms with Gasteiger partial charge in [0.25, 0.3) is 5.91 Å². The minimum atomic E-state index is -2.40. The molecular weight excluding hydrogens is 470 g/mol. The van der Waals surface area contributed by atoms with Crippen LogP contribution in [0.4, 0.5) is 14.9 Å². The third kappa shape index (κ3) is 4.23. The highest BCUT2D eigenvalue weighted by molar-refractivity contribution is 6.42. The van der Waals surface area contributed by atoms with Crippen molar-refractivity contribution < 1.29 is 23.5 Å². The number of ether oxygens (including phenoxy) is 2. The number of para-hydroxylation sites is 1. The second kappa shape index (κ2) is 9.10. The highest BCUT2D eigenvalue weighted by atomic mass is 35.5. The van der Waals surface area contributed by atoms with E-state index in [1.165, 1.54) is 24.3 Å². The van der Waals surface area contributed by atoms with Gasteiger partial charge >= 0.3 is 11.8 Å². The van der Waals surface area contributed by atoms with E-state index >= 15 is 0 Å². The van der Waals surface area contributed by atoms with E-state index in [9.17, 15) is 19.2 Å². The molecule has 1 atom stereocenters. The van der Waals surface area contributed by atoms with E-state index < -0.39 is 23.5 Å². The summed E-state index contributed by atoms with van der Waals surface area (Å²) >= 11 is 12.0. The van der Waals surface area contributed by atoms with E-state index in [1.807, 2.05) is 0 Å². The molecule has 0 radical (unpaired) electrons. The summed E-state index contributed by atoms with van der Waals surface area (Å²) in [6.07, 6.45) is -1.24. The van der Waals surface area contributed by atoms with Crippen LogP contribution < -0.4 is 4.90 Å². The molecule has 3 aromatic rings. The molecule has 1 aliphatic rings. The Hall–Kier alpha value is -3.60. The van der Waals surface area contributed by atoms with Gasteiger partial charge in [0.1, 0.15) is 18.5 Å². The van der Waals surface area contributed by atoms with Gasteiger partial charge in [-0.3, -0.25) is 9.69 Å². The zero-order valence-corrected chi connectivity index (χ0v) is 18.4. The molecule has 1 heterocycles. The Morgan fingerprint density at radius 3 is 2.48 bits per heavy atom. The van der Waals surface area contributed by atoms with E-state index in [-0.39, 0.29) is 29.4 Å². The molecule has 6 nitrogen and oxygen atoms in total. The van der Waals surface area contributed by atoms with Crippen LogP contribution in [0.5, 0.6) is 0 Å². The molecular formula is C24H15Cl2FN2O4. The predicted octanol–water partition coefficient (Wildman–Crippen LogP) is 5.75. The van der Waals surface area contributed by atoms with E-state index in [4.69, 9.17) is 32.7 Å². The highest BCUT2D eigenvalue weighted by Crippen LogP contribution is 2.45. The third-order valence-electron chi connectivity index (χ3n) is 5.10. The average Bonchev–Trinajstić information content (AvgIpc) is 3.04. The summed E-state index contributed by atoms with van der Waals surface area (Å²) < 4.78 is 25.2. The molecule has 0 spiro atoms. The van der Waals surface area contributed by atoms with Crippen molar-refractivity contribution in [1.82, 2.24) is 0 Å². The van der Waals surface area contributed by atoms with Gasteiger partial charge in [-0.1, -0.05) is 71.7 Å². The molecule has 0 fully saturated rings. The number of benzene rings is 3. The summed E-state index contributed by atoms with van der Waals surface area (Å²) in [5.41, 5.74) is -1.43. The van der Waals surface area contributed by atoms with Gasteiger partial charge in [-0.15, -0.1) is 0 Å². The maximum Gasteiger partial charge on any atom is 0.510 e. The van der Waals surface area contributed by atoms with Crippen LogP contribution in [0.25, 0.3) is 0 Å². The minimum Gasteiger partial charge on any atom is -0.429 e. The molecule has 166 valence electrons. The smallest absolute Gasteiger partial charge is 0.429 e. The summed E-state index contributed by atoms with van der Waals surface area (Å²) in [6.45, 7) is -0.256. The lowest BCUT2D eigenvalue weighted by molar-refractivity contribution is -0.133. The van der Waals surface area contributed by atoms with Crippen LogP contribution in [0.3, 0.4) is 0 Å². The quantitative estimate of drug-likeness (QED) is 0.430. The van der Waals surface area contributed by atoms with Crippen molar-refractivity contribution in [1.29, 1.82) is 5.26 Å². The average molecular weight is 485 g/mol. The number of hydrogen-bond donors (Lipinski definition) is 0. The van der Waals surface area contributed by atoms with E-state index in [0.717, 1.165) is 11.0 Å². The Balaban J connectivity index is 1.65. The Labute approximate surface area is 198 Å². The SMILES string of the molecule is N#CC1(OC(=O)OCc2ccccc2)C(=O)N(Cc2ccc(Cl)c(Cl)c2)c2c(F)cccc21. The fourth-order valence-electron chi connectivity index (χ4n) is 3.55. The van der Waals surface area contributed by atoms with Crippen molar-refractivity contribution in [2.24, 2.45) is 0 Å². The Morgan fingerprint density at radius 2 is 1.79 bits per heavy atom. The fraction of sp³-hybridized carbons (Fsp3) is 0.125. The summed E-state index contributed by atoms with van der Waals surface area (Å²) in [6, 6.07) is 19.1. The normalized spacial score (nSPS) is 16.8. The lowest BCUT2D eigenvalue weighted by atomic mass is 9.97. The maximum absolute atomic E-state index is 14.8. The summed E-state index contributed by atoms with van der Waals surface area (Å²) in [7, 11) is 0. The van der Waals surface area contributed by atoms with Gasteiger partial charge in [-0.25, -0.2) is 9.18 Å². The van der Waals surface area contributed by atoms with Gasteiger partial charge in [0.2, 0.25) is 0 Å². The molecule has 1 unspecified atom stereocenters. The van der Waals surface area contributed by atoms with Crippen LogP contribution in [0.2, 0.25) is 10.0 Å². The van der Waals surface area contributed by atoms with Gasteiger partial charge < -0.3 is 9.47 Å². The molecule has 0 saturated carbocycles. The van der Waals surface area contributed by atoms with Crippen molar-refractivity contribution >= 4 is 41.0 Å². The Bertz CT molecular complexity index is 1280. The number of amides is 1. The van der Waals surface area contributed by atoms with Gasteiger partial charge in [0, 0.05) is 5.56 Å². The monoisotopic (exact) mass is 484 g/mol. The lowest BCUT2D eigenvalue weighted by Crippen LogP contribution is -2.42. The van der Waals surface area contributed by atoms with Crippen molar-refractivity contribution in [3.8, 4) is 6.07 Å². The van der Waals surface area contributed by atoms with E-state index in [1.54, 1.807) is 42.5 Å². The van der Waals surface area contributed by atoms with Crippen LogP contribution in [0, 0.1) is 17.1 Å². The summed E-state index contributed by atoms with van der Waals surface area (Å²) in [5.74, 6) is -1.67. The van der Waals surface area contributed by atoms with Crippen LogP contribution >= 0.6 is 23.2 Å². The first-order valence-electron chi connectivity index (χ1n) is 9.71. The molecule has 4 rings (SSSR count). The number of rotatable bonds is 5. The zero-order chi connectivity index (χ0) is 23.6. The largest absolute Gasteiger partial charge is 0.510 e. The number of fused-ring (bicyclic) bond motifs is 1. The standard InChI is InChI=1S/C24H15Cl2FN2O4/c25-18-10-9-16(11-19(18)26)12-29-21-17(7-4-8-20(21)27)24(14-28,22(29)30)33-23(31)32-13-15-5-2-1-3-6-15/h1-11H,12-13H2. The molecule has 9 heteroatoms. The number of hydrogen-bond acceptors (Lipinski definition) is 5. The number of nitriles is 1. The van der Waals surface area contributed by atoms with Crippen LogP contribution in [0.1, 0.15) is 16.7 Å².